The highest BCUT2D eigenvalue weighted by atomic mass is 16.5. The molecule has 2 amide bonds. The molecular weight excluding hydrogens is 304 g/mol. The number of methoxy groups -OCH3 is 1. The molecule has 2 unspecified atom stereocenters. The number of likely N-dealkylation sites (tertiary alicyclic amines) is 2. The van der Waals surface area contributed by atoms with E-state index < -0.39 is 0 Å². The highest BCUT2D eigenvalue weighted by molar-refractivity contribution is 5.83. The summed E-state index contributed by atoms with van der Waals surface area (Å²) in [6.07, 6.45) is 3.37. The normalized spacial score (nSPS) is 24.1. The van der Waals surface area contributed by atoms with Crippen molar-refractivity contribution in [2.45, 2.75) is 32.1 Å². The van der Waals surface area contributed by atoms with Gasteiger partial charge in [-0.2, -0.15) is 0 Å². The van der Waals surface area contributed by atoms with E-state index in [1.54, 1.807) is 18.9 Å². The van der Waals surface area contributed by atoms with Crippen molar-refractivity contribution in [1.29, 1.82) is 0 Å². The van der Waals surface area contributed by atoms with Gasteiger partial charge in [-0.15, -0.1) is 0 Å². The van der Waals surface area contributed by atoms with Crippen molar-refractivity contribution in [3.8, 4) is 5.75 Å². The molecular formula is C19H26N2O3. The average molecular weight is 330 g/mol. The van der Waals surface area contributed by atoms with Crippen molar-refractivity contribution in [3.05, 3.63) is 29.8 Å². The lowest BCUT2D eigenvalue weighted by Crippen LogP contribution is -2.42. The summed E-state index contributed by atoms with van der Waals surface area (Å²) in [6, 6.07) is 7.88. The maximum atomic E-state index is 13.1. The molecule has 0 spiro atoms. The van der Waals surface area contributed by atoms with Crippen LogP contribution in [0.2, 0.25) is 0 Å². The summed E-state index contributed by atoms with van der Waals surface area (Å²) in [6.45, 7) is 4.40. The van der Waals surface area contributed by atoms with E-state index in [0.717, 1.165) is 37.2 Å². The standard InChI is InChI=1S/C19H26N2O3/c1-14(22)21-12-17(15-7-6-8-16(11-15)24-2)18(13-21)19(23)20-9-4-3-5-10-20/h6-8,11,17-18H,3-5,9-10,12-13H2,1-2H3. The van der Waals surface area contributed by atoms with E-state index in [1.165, 1.54) is 6.42 Å². The fourth-order valence-electron chi connectivity index (χ4n) is 3.87. The second kappa shape index (κ2) is 7.24. The van der Waals surface area contributed by atoms with Crippen LogP contribution >= 0.6 is 0 Å². The Kier molecular flexibility index (Phi) is 5.07. The van der Waals surface area contributed by atoms with Gasteiger partial charge >= 0.3 is 0 Å². The van der Waals surface area contributed by atoms with Gasteiger partial charge in [0.1, 0.15) is 5.75 Å². The van der Waals surface area contributed by atoms with Crippen LogP contribution in [-0.2, 0) is 9.59 Å². The van der Waals surface area contributed by atoms with Crippen molar-refractivity contribution in [1.82, 2.24) is 9.80 Å². The van der Waals surface area contributed by atoms with Crippen LogP contribution < -0.4 is 4.74 Å². The lowest BCUT2D eigenvalue weighted by molar-refractivity contribution is -0.136. The van der Waals surface area contributed by atoms with Gasteiger partial charge in [-0.05, 0) is 37.0 Å². The van der Waals surface area contributed by atoms with E-state index in [2.05, 4.69) is 0 Å². The molecule has 3 rings (SSSR count). The van der Waals surface area contributed by atoms with Gasteiger partial charge in [0, 0.05) is 39.0 Å². The molecule has 130 valence electrons. The number of benzene rings is 1. The van der Waals surface area contributed by atoms with Gasteiger partial charge in [0.05, 0.1) is 13.0 Å². The quantitative estimate of drug-likeness (QED) is 0.854. The summed E-state index contributed by atoms with van der Waals surface area (Å²) >= 11 is 0. The first-order chi connectivity index (χ1) is 11.6. The van der Waals surface area contributed by atoms with Gasteiger partial charge in [-0.25, -0.2) is 0 Å². The Bertz CT molecular complexity index is 610. The minimum absolute atomic E-state index is 0.0387. The lowest BCUT2D eigenvalue weighted by Gasteiger charge is -2.31. The number of amides is 2. The van der Waals surface area contributed by atoms with E-state index in [-0.39, 0.29) is 23.7 Å². The predicted molar refractivity (Wildman–Crippen MR) is 91.9 cm³/mol. The molecule has 5 heteroatoms. The maximum absolute atomic E-state index is 13.1. The maximum Gasteiger partial charge on any atom is 0.228 e. The molecule has 24 heavy (non-hydrogen) atoms. The second-order valence-electron chi connectivity index (χ2n) is 6.80. The molecule has 2 fully saturated rings. The van der Waals surface area contributed by atoms with E-state index in [9.17, 15) is 9.59 Å². The number of rotatable bonds is 3. The second-order valence-corrected chi connectivity index (χ2v) is 6.80. The molecule has 2 aliphatic heterocycles. The van der Waals surface area contributed by atoms with Crippen LogP contribution in [-0.4, -0.2) is 54.9 Å². The van der Waals surface area contributed by atoms with Gasteiger partial charge in [0.15, 0.2) is 0 Å². The number of carbonyl (C=O) groups excluding carboxylic acids is 2. The summed E-state index contributed by atoms with van der Waals surface area (Å²) in [4.78, 5) is 28.7. The van der Waals surface area contributed by atoms with Crippen LogP contribution in [0.1, 0.15) is 37.7 Å². The Balaban J connectivity index is 1.85. The first kappa shape index (κ1) is 16.8. The molecule has 0 bridgehead atoms. The molecule has 2 saturated heterocycles. The highest BCUT2D eigenvalue weighted by Gasteiger charge is 2.41. The van der Waals surface area contributed by atoms with Crippen molar-refractivity contribution >= 4 is 11.8 Å². The number of carbonyl (C=O) groups is 2. The van der Waals surface area contributed by atoms with Gasteiger partial charge in [-0.3, -0.25) is 9.59 Å². The first-order valence-electron chi connectivity index (χ1n) is 8.78. The average Bonchev–Trinajstić information content (AvgIpc) is 3.07. The molecule has 5 nitrogen and oxygen atoms in total. The van der Waals surface area contributed by atoms with Crippen LogP contribution in [0.3, 0.4) is 0 Å². The third-order valence-electron chi connectivity index (χ3n) is 5.27. The van der Waals surface area contributed by atoms with Crippen LogP contribution in [0.15, 0.2) is 24.3 Å². The molecule has 0 saturated carbocycles. The summed E-state index contributed by atoms with van der Waals surface area (Å²) in [5, 5.41) is 0. The summed E-state index contributed by atoms with van der Waals surface area (Å²) in [7, 11) is 1.64. The van der Waals surface area contributed by atoms with Gasteiger partial charge < -0.3 is 14.5 Å². The SMILES string of the molecule is COc1cccc(C2CN(C(C)=O)CC2C(=O)N2CCCCC2)c1. The molecule has 0 aromatic heterocycles. The number of nitrogens with zero attached hydrogens (tertiary/aromatic N) is 2. The Morgan fingerprint density at radius 3 is 2.50 bits per heavy atom. The predicted octanol–water partition coefficient (Wildman–Crippen LogP) is 2.27. The number of hydrogen-bond acceptors (Lipinski definition) is 3. The monoisotopic (exact) mass is 330 g/mol. The van der Waals surface area contributed by atoms with E-state index in [4.69, 9.17) is 4.74 Å². The molecule has 2 atom stereocenters. The summed E-state index contributed by atoms with van der Waals surface area (Å²) < 4.78 is 5.32. The molecule has 0 radical (unpaired) electrons. The molecule has 1 aromatic rings. The Hall–Kier alpha value is -2.04. The van der Waals surface area contributed by atoms with E-state index in [1.807, 2.05) is 29.2 Å². The number of hydrogen-bond donors (Lipinski definition) is 0. The molecule has 0 N–H and O–H groups in total. The largest absolute Gasteiger partial charge is 0.497 e. The zero-order valence-corrected chi connectivity index (χ0v) is 14.5. The summed E-state index contributed by atoms with van der Waals surface area (Å²) in [5.74, 6) is 0.915. The van der Waals surface area contributed by atoms with E-state index >= 15 is 0 Å². The van der Waals surface area contributed by atoms with E-state index in [0.29, 0.717) is 13.1 Å². The van der Waals surface area contributed by atoms with Crippen LogP contribution in [0.25, 0.3) is 0 Å². The minimum Gasteiger partial charge on any atom is -0.497 e. The van der Waals surface area contributed by atoms with Crippen molar-refractivity contribution in [2.75, 3.05) is 33.3 Å². The fourth-order valence-corrected chi connectivity index (χ4v) is 3.87. The Morgan fingerprint density at radius 2 is 1.83 bits per heavy atom. The van der Waals surface area contributed by atoms with Gasteiger partial charge in [0.25, 0.3) is 0 Å². The zero-order valence-electron chi connectivity index (χ0n) is 14.5. The van der Waals surface area contributed by atoms with Crippen molar-refractivity contribution < 1.29 is 14.3 Å². The van der Waals surface area contributed by atoms with Crippen molar-refractivity contribution in [3.63, 3.8) is 0 Å². The lowest BCUT2D eigenvalue weighted by atomic mass is 9.87. The minimum atomic E-state index is -0.154. The first-order valence-corrected chi connectivity index (χ1v) is 8.78. The number of ether oxygens (including phenoxy) is 1. The van der Waals surface area contributed by atoms with Crippen molar-refractivity contribution in [2.24, 2.45) is 5.92 Å². The molecule has 2 aliphatic rings. The Morgan fingerprint density at radius 1 is 1.08 bits per heavy atom. The molecule has 0 aliphatic carbocycles. The Labute approximate surface area is 143 Å². The van der Waals surface area contributed by atoms with Crippen LogP contribution in [0.5, 0.6) is 5.75 Å². The third-order valence-corrected chi connectivity index (χ3v) is 5.27. The fraction of sp³-hybridized carbons (Fsp3) is 0.579. The number of piperidine rings is 1. The van der Waals surface area contributed by atoms with Gasteiger partial charge in [0.2, 0.25) is 11.8 Å². The topological polar surface area (TPSA) is 49.9 Å². The van der Waals surface area contributed by atoms with Gasteiger partial charge in [-0.1, -0.05) is 12.1 Å². The van der Waals surface area contributed by atoms with Crippen LogP contribution in [0.4, 0.5) is 0 Å². The summed E-state index contributed by atoms with van der Waals surface area (Å²) in [5.41, 5.74) is 1.08. The smallest absolute Gasteiger partial charge is 0.228 e. The van der Waals surface area contributed by atoms with Crippen LogP contribution in [0, 0.1) is 5.92 Å². The molecule has 1 aromatic carbocycles. The highest BCUT2D eigenvalue weighted by Crippen LogP contribution is 2.35. The third kappa shape index (κ3) is 3.40. The zero-order chi connectivity index (χ0) is 17.1. The molecule has 2 heterocycles.